The van der Waals surface area contributed by atoms with E-state index in [0.717, 1.165) is 0 Å². The summed E-state index contributed by atoms with van der Waals surface area (Å²) in [6.07, 6.45) is 2.17. The molecule has 0 aromatic heterocycles. The lowest BCUT2D eigenvalue weighted by molar-refractivity contribution is 0.112. The molecular weight excluding hydrogens is 218 g/mol. The maximum Gasteiger partial charge on any atom is 0.151 e. The van der Waals surface area contributed by atoms with Crippen molar-refractivity contribution in [2.24, 2.45) is 0 Å². The number of benzene rings is 1. The molecule has 0 spiro atoms. The Morgan fingerprint density at radius 2 is 1.83 bits per heavy atom. The molecule has 0 atom stereocenters. The average Bonchev–Trinajstić information content (AvgIpc) is 2.08. The van der Waals surface area contributed by atoms with Gasteiger partial charge in [0.1, 0.15) is 0 Å². The molecule has 0 aliphatic heterocycles. The van der Waals surface area contributed by atoms with E-state index in [-0.39, 0.29) is 0 Å². The summed E-state index contributed by atoms with van der Waals surface area (Å²) in [4.78, 5) is 10.2. The third-order valence-electron chi connectivity index (χ3n) is 1.09. The van der Waals surface area contributed by atoms with Gasteiger partial charge in [-0.25, -0.2) is 0 Å². The number of carbonyl (C=O) groups is 1. The molecule has 0 saturated heterocycles. The molecule has 12 heavy (non-hydrogen) atoms. The fourth-order valence-corrected chi connectivity index (χ4v) is 1.05. The molecule has 0 aliphatic carbocycles. The van der Waals surface area contributed by atoms with Crippen LogP contribution in [0.2, 0.25) is 10.0 Å². The Kier molecular flexibility index (Phi) is 6.17. The lowest BCUT2D eigenvalue weighted by Gasteiger charge is -1.93. The number of rotatable bonds is 1. The van der Waals surface area contributed by atoms with Gasteiger partial charge in [0.05, 0.1) is 5.02 Å². The van der Waals surface area contributed by atoms with Crippen molar-refractivity contribution in [2.75, 3.05) is 6.38 Å². The van der Waals surface area contributed by atoms with Gasteiger partial charge in [-0.3, -0.25) is 4.79 Å². The first kappa shape index (κ1) is 11.8. The van der Waals surface area contributed by atoms with Crippen molar-refractivity contribution in [2.45, 2.75) is 0 Å². The first-order valence-corrected chi connectivity index (χ1v) is 4.53. The minimum absolute atomic E-state index is 0.391. The van der Waals surface area contributed by atoms with Gasteiger partial charge in [0.15, 0.2) is 6.29 Å². The molecule has 0 saturated carbocycles. The van der Waals surface area contributed by atoms with Gasteiger partial charge in [-0.05, 0) is 18.2 Å². The Morgan fingerprint density at radius 3 is 2.25 bits per heavy atom. The molecule has 1 rings (SSSR count). The van der Waals surface area contributed by atoms with Crippen molar-refractivity contribution in [1.29, 1.82) is 0 Å². The molecule has 66 valence electrons. The lowest BCUT2D eigenvalue weighted by Crippen LogP contribution is -1.79. The summed E-state index contributed by atoms with van der Waals surface area (Å²) in [7, 11) is 0. The topological polar surface area (TPSA) is 17.1 Å². The summed E-state index contributed by atoms with van der Waals surface area (Å²) in [6, 6.07) is 4.74. The number of aldehydes is 1. The summed E-state index contributed by atoms with van der Waals surface area (Å²) >= 11 is 15.8. The summed E-state index contributed by atoms with van der Waals surface area (Å²) < 4.78 is 0. The number of carbonyl (C=O) groups excluding carboxylic acids is 1. The van der Waals surface area contributed by atoms with Crippen molar-refractivity contribution in [3.63, 3.8) is 0 Å². The maximum absolute atomic E-state index is 10.2. The molecule has 1 aromatic rings. The predicted molar refractivity (Wildman–Crippen MR) is 53.6 cm³/mol. The summed E-state index contributed by atoms with van der Waals surface area (Å²) in [5.41, 5.74) is 0.464. The second-order valence-electron chi connectivity index (χ2n) is 1.78. The highest BCUT2D eigenvalue weighted by molar-refractivity contribution is 6.36. The minimum Gasteiger partial charge on any atom is -0.298 e. The van der Waals surface area contributed by atoms with Crippen LogP contribution in [0.5, 0.6) is 0 Å². The quantitative estimate of drug-likeness (QED) is 0.526. The molecular formula is C8H7Cl3O. The minimum atomic E-state index is 0.391. The third-order valence-corrected chi connectivity index (χ3v) is 1.65. The standard InChI is InChI=1S/C7H4Cl2O.CH3Cl/c8-6-2-1-5(4-10)7(9)3-6;1-2/h1-4H;1H3. The van der Waals surface area contributed by atoms with Crippen LogP contribution in [0.3, 0.4) is 0 Å². The SMILES string of the molecule is CCl.O=Cc1ccc(Cl)cc1Cl. The Labute approximate surface area is 86.2 Å². The molecule has 0 radical (unpaired) electrons. The molecule has 0 amide bonds. The van der Waals surface area contributed by atoms with Gasteiger partial charge in [0, 0.05) is 17.0 Å². The highest BCUT2D eigenvalue weighted by Gasteiger charge is 1.97. The van der Waals surface area contributed by atoms with Crippen molar-refractivity contribution in [3.05, 3.63) is 33.8 Å². The van der Waals surface area contributed by atoms with E-state index < -0.39 is 0 Å². The summed E-state index contributed by atoms with van der Waals surface area (Å²) in [5.74, 6) is 0. The van der Waals surface area contributed by atoms with Crippen LogP contribution in [0.15, 0.2) is 18.2 Å². The number of halogens is 3. The zero-order valence-corrected chi connectivity index (χ0v) is 8.62. The van der Waals surface area contributed by atoms with Crippen LogP contribution in [0.4, 0.5) is 0 Å². The van der Waals surface area contributed by atoms with Gasteiger partial charge in [0.2, 0.25) is 0 Å². The third kappa shape index (κ3) is 3.44. The van der Waals surface area contributed by atoms with Crippen molar-refractivity contribution in [1.82, 2.24) is 0 Å². The van der Waals surface area contributed by atoms with Crippen molar-refractivity contribution in [3.8, 4) is 0 Å². The van der Waals surface area contributed by atoms with Crippen LogP contribution in [0, 0.1) is 0 Å². The highest BCUT2D eigenvalue weighted by atomic mass is 35.5. The second-order valence-corrected chi connectivity index (χ2v) is 2.63. The normalized spacial score (nSPS) is 8.33. The largest absolute Gasteiger partial charge is 0.298 e. The van der Waals surface area contributed by atoms with Crippen LogP contribution in [0.1, 0.15) is 10.4 Å². The molecule has 4 heteroatoms. The van der Waals surface area contributed by atoms with E-state index in [4.69, 9.17) is 23.2 Å². The lowest BCUT2D eigenvalue weighted by atomic mass is 10.2. The first-order chi connectivity index (χ1) is 5.74. The van der Waals surface area contributed by atoms with Crippen LogP contribution >= 0.6 is 34.8 Å². The number of hydrogen-bond acceptors (Lipinski definition) is 1. The Balaban J connectivity index is 0.000000561. The van der Waals surface area contributed by atoms with E-state index in [1.54, 1.807) is 12.1 Å². The van der Waals surface area contributed by atoms with Crippen molar-refractivity contribution < 1.29 is 4.79 Å². The zero-order chi connectivity index (χ0) is 9.56. The smallest absolute Gasteiger partial charge is 0.151 e. The van der Waals surface area contributed by atoms with Crippen LogP contribution in [-0.4, -0.2) is 12.7 Å². The molecule has 0 unspecified atom stereocenters. The van der Waals surface area contributed by atoms with Crippen LogP contribution < -0.4 is 0 Å². The van der Waals surface area contributed by atoms with Crippen molar-refractivity contribution >= 4 is 41.1 Å². The Bertz CT molecular complexity index is 260. The molecule has 0 N–H and O–H groups in total. The van der Waals surface area contributed by atoms with Crippen LogP contribution in [-0.2, 0) is 0 Å². The van der Waals surface area contributed by atoms with Gasteiger partial charge in [-0.2, -0.15) is 0 Å². The van der Waals surface area contributed by atoms with E-state index in [1.807, 2.05) is 0 Å². The molecule has 0 aliphatic rings. The highest BCUT2D eigenvalue weighted by Crippen LogP contribution is 2.18. The summed E-state index contributed by atoms with van der Waals surface area (Å²) in [5, 5.41) is 0.929. The fraction of sp³-hybridized carbons (Fsp3) is 0.125. The average molecular weight is 226 g/mol. The Morgan fingerprint density at radius 1 is 1.25 bits per heavy atom. The number of alkyl halides is 1. The van der Waals surface area contributed by atoms with E-state index in [1.165, 1.54) is 12.4 Å². The molecule has 1 nitrogen and oxygen atoms in total. The van der Waals surface area contributed by atoms with Gasteiger partial charge in [-0.1, -0.05) is 23.2 Å². The van der Waals surface area contributed by atoms with Gasteiger partial charge in [-0.15, -0.1) is 11.6 Å². The molecule has 1 aromatic carbocycles. The predicted octanol–water partition coefficient (Wildman–Crippen LogP) is 3.66. The van der Waals surface area contributed by atoms with E-state index in [0.29, 0.717) is 21.9 Å². The maximum atomic E-state index is 10.2. The van der Waals surface area contributed by atoms with Gasteiger partial charge < -0.3 is 0 Å². The Hall–Kier alpha value is -0.240. The van der Waals surface area contributed by atoms with Gasteiger partial charge >= 0.3 is 0 Å². The van der Waals surface area contributed by atoms with E-state index in [9.17, 15) is 4.79 Å². The zero-order valence-electron chi connectivity index (χ0n) is 6.35. The van der Waals surface area contributed by atoms with E-state index in [2.05, 4.69) is 11.6 Å². The monoisotopic (exact) mass is 224 g/mol. The van der Waals surface area contributed by atoms with Gasteiger partial charge in [0.25, 0.3) is 0 Å². The molecule has 0 bridgehead atoms. The molecule has 0 heterocycles. The number of hydrogen-bond donors (Lipinski definition) is 0. The van der Waals surface area contributed by atoms with E-state index >= 15 is 0 Å². The first-order valence-electron chi connectivity index (χ1n) is 3.02. The second kappa shape index (κ2) is 6.30. The fourth-order valence-electron chi connectivity index (χ4n) is 0.597. The summed E-state index contributed by atoms with van der Waals surface area (Å²) in [6.45, 7) is 0. The molecule has 0 fully saturated rings. The van der Waals surface area contributed by atoms with Crippen LogP contribution in [0.25, 0.3) is 0 Å².